The van der Waals surface area contributed by atoms with E-state index >= 15 is 0 Å². The van der Waals surface area contributed by atoms with Gasteiger partial charge in [-0.3, -0.25) is 9.59 Å². The van der Waals surface area contributed by atoms with E-state index in [-0.39, 0.29) is 12.8 Å². The minimum atomic E-state index is -1.10. The van der Waals surface area contributed by atoms with Crippen molar-refractivity contribution in [2.45, 2.75) is 24.9 Å². The molecule has 0 bridgehead atoms. The maximum absolute atomic E-state index is 10.7. The van der Waals surface area contributed by atoms with Crippen molar-refractivity contribution in [2.24, 2.45) is 11.5 Å². The lowest BCUT2D eigenvalue weighted by molar-refractivity contribution is -0.139. The molecule has 22 heavy (non-hydrogen) atoms. The number of aromatic nitrogens is 4. The number of carboxylic acid groups (broad SMARTS) is 2. The summed E-state index contributed by atoms with van der Waals surface area (Å²) in [6.45, 7) is 0. The fraction of sp³-hybridized carbons (Fsp3) is 0.333. The van der Waals surface area contributed by atoms with Crippen molar-refractivity contribution in [3.63, 3.8) is 0 Å². The smallest absolute Gasteiger partial charge is 0.320 e. The molecule has 10 heteroatoms. The maximum Gasteiger partial charge on any atom is 0.320 e. The number of H-pyrrole nitrogens is 2. The van der Waals surface area contributed by atoms with E-state index in [1.54, 1.807) is 0 Å². The molecule has 0 spiro atoms. The van der Waals surface area contributed by atoms with Gasteiger partial charge >= 0.3 is 11.9 Å². The number of rotatable bonds is 7. The van der Waals surface area contributed by atoms with E-state index in [0.29, 0.717) is 23.0 Å². The van der Waals surface area contributed by atoms with Gasteiger partial charge in [-0.05, 0) is 0 Å². The van der Waals surface area contributed by atoms with Crippen LogP contribution in [-0.4, -0.2) is 54.2 Å². The molecule has 2 atom stereocenters. The van der Waals surface area contributed by atoms with E-state index in [4.69, 9.17) is 21.7 Å². The fourth-order valence-electron chi connectivity index (χ4n) is 1.81. The van der Waals surface area contributed by atoms with Crippen LogP contribution < -0.4 is 11.5 Å². The standard InChI is InChI=1S/C12H16N6O4/c13-7(11(19)20)1-5-3-15-9(17-5)10-16-4-6(18-10)2-8(14)12(21)22/h3-4,7-8H,1-2,13-14H2,(H,15,17)(H,16,18)(H,19,20)(H,21,22). The van der Waals surface area contributed by atoms with Crippen molar-refractivity contribution in [1.82, 2.24) is 19.9 Å². The first-order valence-electron chi connectivity index (χ1n) is 6.41. The first kappa shape index (κ1) is 15.7. The van der Waals surface area contributed by atoms with Gasteiger partial charge in [-0.2, -0.15) is 0 Å². The highest BCUT2D eigenvalue weighted by Gasteiger charge is 2.17. The quantitative estimate of drug-likeness (QED) is 0.364. The van der Waals surface area contributed by atoms with Crippen LogP contribution in [0.15, 0.2) is 12.4 Å². The number of aromatic amines is 2. The second-order valence-corrected chi connectivity index (χ2v) is 4.81. The number of hydrogen-bond donors (Lipinski definition) is 6. The lowest BCUT2D eigenvalue weighted by Crippen LogP contribution is -2.32. The predicted octanol–water partition coefficient (Wildman–Crippen LogP) is -1.29. The van der Waals surface area contributed by atoms with E-state index < -0.39 is 24.0 Å². The van der Waals surface area contributed by atoms with Crippen LogP contribution in [0.4, 0.5) is 0 Å². The predicted molar refractivity (Wildman–Crippen MR) is 74.8 cm³/mol. The van der Waals surface area contributed by atoms with E-state index in [9.17, 15) is 9.59 Å². The molecule has 2 unspecified atom stereocenters. The van der Waals surface area contributed by atoms with E-state index in [0.717, 1.165) is 0 Å². The molecule has 2 aromatic heterocycles. The lowest BCUT2D eigenvalue weighted by Gasteiger charge is -2.03. The van der Waals surface area contributed by atoms with Gasteiger partial charge in [0, 0.05) is 36.6 Å². The molecule has 0 aliphatic rings. The average molecular weight is 308 g/mol. The summed E-state index contributed by atoms with van der Waals surface area (Å²) >= 11 is 0. The molecule has 2 heterocycles. The highest BCUT2D eigenvalue weighted by molar-refractivity contribution is 5.73. The third-order valence-electron chi connectivity index (χ3n) is 3.00. The van der Waals surface area contributed by atoms with Crippen molar-refractivity contribution < 1.29 is 19.8 Å². The summed E-state index contributed by atoms with van der Waals surface area (Å²) in [6.07, 6.45) is 3.17. The Balaban J connectivity index is 2.07. The Bertz CT molecular complexity index is 620. The SMILES string of the molecule is NC(Cc1cnc(-c2ncc(CC(N)C(=O)O)[nH]2)[nH]1)C(=O)O. The number of nitrogens with one attached hydrogen (secondary N) is 2. The minimum absolute atomic E-state index is 0.111. The van der Waals surface area contributed by atoms with Crippen molar-refractivity contribution in [2.75, 3.05) is 0 Å². The van der Waals surface area contributed by atoms with E-state index in [1.807, 2.05) is 0 Å². The molecule has 118 valence electrons. The molecule has 0 aliphatic carbocycles. The molecule has 0 amide bonds. The third-order valence-corrected chi connectivity index (χ3v) is 3.00. The number of nitrogens with two attached hydrogens (primary N) is 2. The second kappa shape index (κ2) is 6.37. The number of imidazole rings is 2. The van der Waals surface area contributed by atoms with Crippen LogP contribution in [0.3, 0.4) is 0 Å². The van der Waals surface area contributed by atoms with Gasteiger partial charge in [-0.25, -0.2) is 9.97 Å². The highest BCUT2D eigenvalue weighted by Crippen LogP contribution is 2.13. The molecule has 2 aromatic rings. The zero-order valence-electron chi connectivity index (χ0n) is 11.5. The van der Waals surface area contributed by atoms with Gasteiger partial charge in [0.1, 0.15) is 12.1 Å². The van der Waals surface area contributed by atoms with E-state index in [1.165, 1.54) is 12.4 Å². The summed E-state index contributed by atoms with van der Waals surface area (Å²) in [7, 11) is 0. The Morgan fingerprint density at radius 1 is 0.955 bits per heavy atom. The molecule has 0 radical (unpaired) electrons. The third kappa shape index (κ3) is 3.68. The van der Waals surface area contributed by atoms with Crippen molar-refractivity contribution in [3.05, 3.63) is 23.8 Å². The Labute approximate surface area is 124 Å². The van der Waals surface area contributed by atoms with Crippen molar-refractivity contribution >= 4 is 11.9 Å². The maximum atomic E-state index is 10.7. The highest BCUT2D eigenvalue weighted by atomic mass is 16.4. The Kier molecular flexibility index (Phi) is 4.53. The zero-order valence-corrected chi connectivity index (χ0v) is 11.5. The Hall–Kier alpha value is -2.72. The summed E-state index contributed by atoms with van der Waals surface area (Å²) in [5, 5.41) is 17.5. The fourth-order valence-corrected chi connectivity index (χ4v) is 1.81. The normalized spacial score (nSPS) is 13.7. The average Bonchev–Trinajstić information content (AvgIpc) is 3.07. The number of carboxylic acids is 2. The largest absolute Gasteiger partial charge is 0.480 e. The van der Waals surface area contributed by atoms with Crippen LogP contribution in [0.5, 0.6) is 0 Å². The van der Waals surface area contributed by atoms with Crippen molar-refractivity contribution in [1.29, 1.82) is 0 Å². The topological polar surface area (TPSA) is 184 Å². The van der Waals surface area contributed by atoms with Crippen LogP contribution in [-0.2, 0) is 22.4 Å². The summed E-state index contributed by atoms with van der Waals surface area (Å²) in [5.41, 5.74) is 12.0. The molecule has 0 aromatic carbocycles. The number of nitrogens with zero attached hydrogens (tertiary/aromatic N) is 2. The molecule has 8 N–H and O–H groups in total. The van der Waals surface area contributed by atoms with Gasteiger partial charge in [0.2, 0.25) is 0 Å². The first-order chi connectivity index (χ1) is 10.4. The number of carbonyl (C=O) groups is 2. The van der Waals surface area contributed by atoms with E-state index in [2.05, 4.69) is 19.9 Å². The summed E-state index contributed by atoms with van der Waals surface area (Å²) < 4.78 is 0. The van der Waals surface area contributed by atoms with Crippen LogP contribution in [0.1, 0.15) is 11.4 Å². The molecule has 0 aliphatic heterocycles. The Morgan fingerprint density at radius 2 is 1.32 bits per heavy atom. The monoisotopic (exact) mass is 308 g/mol. The second-order valence-electron chi connectivity index (χ2n) is 4.81. The summed E-state index contributed by atoms with van der Waals surface area (Å²) in [6, 6.07) is -2.04. The van der Waals surface area contributed by atoms with Crippen LogP contribution >= 0.6 is 0 Å². The summed E-state index contributed by atoms with van der Waals surface area (Å²) in [4.78, 5) is 35.4. The Morgan fingerprint density at radius 3 is 1.64 bits per heavy atom. The molecule has 0 saturated carbocycles. The van der Waals surface area contributed by atoms with Crippen LogP contribution in [0.2, 0.25) is 0 Å². The van der Waals surface area contributed by atoms with Crippen molar-refractivity contribution in [3.8, 4) is 11.6 Å². The minimum Gasteiger partial charge on any atom is -0.480 e. The molecule has 0 saturated heterocycles. The van der Waals surface area contributed by atoms with Gasteiger partial charge in [0.15, 0.2) is 11.6 Å². The lowest BCUT2D eigenvalue weighted by atomic mass is 10.2. The van der Waals surface area contributed by atoms with Crippen LogP contribution in [0, 0.1) is 0 Å². The molecular weight excluding hydrogens is 292 g/mol. The van der Waals surface area contributed by atoms with Gasteiger partial charge in [-0.1, -0.05) is 0 Å². The molecule has 2 rings (SSSR count). The van der Waals surface area contributed by atoms with Gasteiger partial charge in [0.05, 0.1) is 0 Å². The zero-order chi connectivity index (χ0) is 16.3. The summed E-state index contributed by atoms with van der Waals surface area (Å²) in [5.74, 6) is -1.39. The van der Waals surface area contributed by atoms with Crippen LogP contribution in [0.25, 0.3) is 11.6 Å². The van der Waals surface area contributed by atoms with Gasteiger partial charge in [-0.15, -0.1) is 0 Å². The number of hydrogen-bond acceptors (Lipinski definition) is 6. The first-order valence-corrected chi connectivity index (χ1v) is 6.41. The molecule has 0 fully saturated rings. The molecular formula is C12H16N6O4. The molecule has 10 nitrogen and oxygen atoms in total. The number of aliphatic carboxylic acids is 2. The van der Waals surface area contributed by atoms with Gasteiger partial charge in [0.25, 0.3) is 0 Å². The van der Waals surface area contributed by atoms with Gasteiger partial charge < -0.3 is 31.6 Å².